The van der Waals surface area contributed by atoms with E-state index in [-0.39, 0.29) is 12.1 Å². The Morgan fingerprint density at radius 3 is 2.63 bits per heavy atom. The van der Waals surface area contributed by atoms with Crippen molar-refractivity contribution in [1.29, 1.82) is 0 Å². The Morgan fingerprint density at radius 2 is 1.92 bits per heavy atom. The number of esters is 1. The van der Waals surface area contributed by atoms with Crippen LogP contribution in [0.5, 0.6) is 0 Å². The van der Waals surface area contributed by atoms with Crippen LogP contribution in [0.4, 0.5) is 23.0 Å². The maximum atomic E-state index is 13.1. The smallest absolute Gasteiger partial charge is 0.355 e. The summed E-state index contributed by atoms with van der Waals surface area (Å²) in [7, 11) is 8.02. The summed E-state index contributed by atoms with van der Waals surface area (Å²) in [6.45, 7) is 7.50. The average molecular weight is 594 g/mol. The number of aryl methyl sites for hydroxylation is 2. The van der Waals surface area contributed by atoms with E-state index >= 15 is 0 Å². The van der Waals surface area contributed by atoms with E-state index in [1.807, 2.05) is 75.8 Å². The molecule has 9 nitrogen and oxygen atoms in total. The van der Waals surface area contributed by atoms with Crippen molar-refractivity contribution < 1.29 is 48.1 Å². The molecule has 0 unspecified atom stereocenters. The quantitative estimate of drug-likeness (QED) is 0.148. The standard InChI is InChI=1S/C29H37N7O2.13H2/c1-18(2)38-28(37)27-26(20-10-8-9-11-24(20)36(27)7)22-12-13-31-29(32-22)33-23-17-21(30)25(16-19(23)3)35(6)15-14-34(4)5;;;;;;;;;;;;;/h8-13,16-18H,14-15,30H2,1-7H3,(H,31,32,33);13*1H/i;13*1+2T. The van der Waals surface area contributed by atoms with Crippen molar-refractivity contribution in [3.63, 3.8) is 0 Å². The maximum absolute atomic E-state index is 13.1. The van der Waals surface area contributed by atoms with Crippen LogP contribution in [0, 0.1) is 6.92 Å². The summed E-state index contributed by atoms with van der Waals surface area (Å²) < 4.78 is 137. The zero-order chi connectivity index (χ0) is 53.6. The number of fused-ring (bicyclic) bond motifs is 1. The zero-order valence-corrected chi connectivity index (χ0v) is 23.2. The van der Waals surface area contributed by atoms with Crippen molar-refractivity contribution in [2.24, 2.45) is 7.05 Å². The van der Waals surface area contributed by atoms with E-state index in [1.54, 1.807) is 6.20 Å². The fourth-order valence-corrected chi connectivity index (χ4v) is 4.49. The first-order chi connectivity index (χ1) is 31.1. The van der Waals surface area contributed by atoms with Gasteiger partial charge in [-0.2, -0.15) is 0 Å². The highest BCUT2D eigenvalue weighted by molar-refractivity contribution is 6.08. The molecule has 9 heteroatoms. The van der Waals surface area contributed by atoms with Crippen LogP contribution in [0.3, 0.4) is 0 Å². The molecular weight excluding hydrogens is 478 g/mol. The lowest BCUT2D eigenvalue weighted by atomic mass is 10.1. The Morgan fingerprint density at radius 1 is 1.18 bits per heavy atom. The predicted octanol–water partition coefficient (Wildman–Crippen LogP) is 8.03. The fraction of sp³-hybridized carbons (Fsp3) is 0.345. The molecule has 0 saturated carbocycles. The lowest BCUT2D eigenvalue weighted by Gasteiger charge is -2.24. The number of carbonyl (C=O) groups is 1. The van der Waals surface area contributed by atoms with E-state index in [2.05, 4.69) is 40.3 Å². The summed E-state index contributed by atoms with van der Waals surface area (Å²) in [5, 5.41) is 4.24. The number of rotatable bonds is 9. The van der Waals surface area contributed by atoms with Crippen molar-refractivity contribution in [2.45, 2.75) is 26.9 Å². The summed E-state index contributed by atoms with van der Waals surface area (Å²) in [5.41, 5.74) is 12.6. The first-order valence-corrected chi connectivity index (χ1v) is 12.7. The topological polar surface area (TPSA) is 102 Å². The number of hydrogen-bond donors (Lipinski definition) is 2. The van der Waals surface area contributed by atoms with Crippen molar-refractivity contribution >= 4 is 39.9 Å². The van der Waals surface area contributed by atoms with Crippen LogP contribution in [0.25, 0.3) is 22.2 Å². The normalized spacial score (nSPS) is 14.1. The lowest BCUT2D eigenvalue weighted by molar-refractivity contribution is 0.0368. The molecule has 0 spiro atoms. The molecule has 4 aromatic rings. The van der Waals surface area contributed by atoms with E-state index in [4.69, 9.17) is 54.1 Å². The molecule has 0 saturated heterocycles. The van der Waals surface area contributed by atoms with E-state index in [0.717, 1.165) is 40.9 Å². The van der Waals surface area contributed by atoms with Gasteiger partial charge in [-0.1, -0.05) is 18.2 Å². The van der Waals surface area contributed by atoms with Gasteiger partial charge in [0.05, 0.1) is 23.2 Å². The summed E-state index contributed by atoms with van der Waals surface area (Å²) in [5.74, 6) is 0.0224. The van der Waals surface area contributed by atoms with Crippen molar-refractivity contribution in [1.82, 2.24) is 19.4 Å². The molecule has 0 aliphatic rings. The minimum absolute atomic E-state index is 0.241. The molecule has 226 valence electrons. The second-order valence-electron chi connectivity index (χ2n) is 10.1. The van der Waals surface area contributed by atoms with Crippen LogP contribution in [0.1, 0.15) is 68.5 Å². The highest BCUT2D eigenvalue weighted by Crippen LogP contribution is 2.35. The van der Waals surface area contributed by atoms with Crippen molar-refractivity contribution in [2.75, 3.05) is 50.2 Å². The van der Waals surface area contributed by atoms with Crippen LogP contribution in [-0.2, 0) is 11.8 Å². The monoisotopic (exact) mass is 594 g/mol. The number of hydrogen-bond acceptors (Lipinski definition) is 8. The molecule has 4 rings (SSSR count). The first-order valence-electron chi connectivity index (χ1n) is 25.7. The van der Waals surface area contributed by atoms with Gasteiger partial charge in [0.25, 0.3) is 0 Å². The Kier molecular flexibility index (Phi) is 4.30. The molecule has 0 fully saturated rings. The number of carbonyl (C=O) groups excluding carboxylic acids is 1. The van der Waals surface area contributed by atoms with Crippen LogP contribution in [-0.4, -0.2) is 65.7 Å². The summed E-state index contributed by atoms with van der Waals surface area (Å²) in [4.78, 5) is 26.7. The molecule has 0 atom stereocenters. The average Bonchev–Trinajstić information content (AvgIpc) is 3.69. The number of nitrogens with zero attached hydrogens (tertiary/aromatic N) is 5. The van der Waals surface area contributed by atoms with Gasteiger partial charge in [-0.15, -0.1) is 0 Å². The Bertz CT molecular complexity index is 1520. The van der Waals surface area contributed by atoms with Gasteiger partial charge in [-0.25, -0.2) is 14.8 Å². The fourth-order valence-electron chi connectivity index (χ4n) is 4.49. The molecule has 2 aromatic carbocycles. The van der Waals surface area contributed by atoms with Crippen LogP contribution >= 0.6 is 0 Å². The highest BCUT2D eigenvalue weighted by Gasteiger charge is 2.25. The number of nitrogen functional groups attached to an aromatic ring is 1. The minimum Gasteiger partial charge on any atom is -0.458 e. The Labute approximate surface area is 264 Å². The van der Waals surface area contributed by atoms with Crippen molar-refractivity contribution in [3.8, 4) is 11.3 Å². The molecule has 38 heavy (non-hydrogen) atoms. The second kappa shape index (κ2) is 11.1. The molecule has 2 heterocycles. The molecule has 0 aliphatic carbocycles. The third kappa shape index (κ3) is 5.57. The highest BCUT2D eigenvalue weighted by atomic mass is 16.5. The van der Waals surface area contributed by atoms with Crippen LogP contribution in [0.15, 0.2) is 48.7 Å². The molecule has 2 aromatic heterocycles. The second-order valence-corrected chi connectivity index (χ2v) is 10.1. The number of anilines is 4. The maximum Gasteiger partial charge on any atom is 0.355 e. The number of nitrogens with two attached hydrogens (primary N) is 1. The number of para-hydroxylation sites is 1. The van der Waals surface area contributed by atoms with Gasteiger partial charge < -0.3 is 30.2 Å². The van der Waals surface area contributed by atoms with Gasteiger partial charge in [0.2, 0.25) is 5.95 Å². The van der Waals surface area contributed by atoms with E-state index in [0.29, 0.717) is 28.6 Å². The Balaban J connectivity index is -0.000000121. The molecule has 3 N–H and O–H groups in total. The van der Waals surface area contributed by atoms with Crippen molar-refractivity contribution in [3.05, 3.63) is 59.9 Å². The molecule has 0 radical (unpaired) electrons. The summed E-state index contributed by atoms with van der Waals surface area (Å²) in [6, 6.07) is 13.7. The van der Waals surface area contributed by atoms with Gasteiger partial charge >= 0.3 is 5.97 Å². The van der Waals surface area contributed by atoms with Crippen LogP contribution in [0.2, 0.25) is 0 Å². The Hall–Kier alpha value is -4.11. The van der Waals surface area contributed by atoms with Crippen LogP contribution < -0.4 is 16.0 Å². The number of likely N-dealkylation sites (N-methyl/N-ethyl adjacent to an activating group) is 2. The number of nitrogens with one attached hydrogen (secondary N) is 1. The van der Waals surface area contributed by atoms with Gasteiger partial charge in [0.15, 0.2) is 0 Å². The molecule has 0 amide bonds. The van der Waals surface area contributed by atoms with Gasteiger partial charge in [-0.05, 0) is 64.7 Å². The minimum atomic E-state index is -0.389. The number of aromatic nitrogens is 3. The molecule has 0 bridgehead atoms. The largest absolute Gasteiger partial charge is 0.458 e. The van der Waals surface area contributed by atoms with Gasteiger partial charge in [0.1, 0.15) is 5.69 Å². The zero-order valence-electron chi connectivity index (χ0n) is 49.2. The van der Waals surface area contributed by atoms with Gasteiger partial charge in [-0.3, -0.25) is 0 Å². The van der Waals surface area contributed by atoms with Gasteiger partial charge in [0, 0.05) is 94.1 Å². The third-order valence-corrected chi connectivity index (χ3v) is 6.47. The lowest BCUT2D eigenvalue weighted by Crippen LogP contribution is -2.29. The third-order valence-electron chi connectivity index (χ3n) is 6.47. The predicted molar refractivity (Wildman–Crippen MR) is 183 cm³/mol. The first kappa shape index (κ1) is 14.7. The van der Waals surface area contributed by atoms with E-state index < -0.39 is 0 Å². The summed E-state index contributed by atoms with van der Waals surface area (Å²) >= 11 is 0. The SMILES string of the molecule is Cc1cc(N(C)CCN(C)C)c(N)cc1Nc1nccc(-c2c(C(=O)OC(C)C)n(C)c3ccccc23)n1.[3H][3H].[3H][3H].[3H][3H].[3H][3H].[3H][3H].[3H][3H].[3H][3H].[3H][3H].[3H][3H].[3H][3H].[3H][3H].[3H][3H].[3H][3H]. The van der Waals surface area contributed by atoms with E-state index in [1.165, 1.54) is 0 Å². The molecular formula is C29H63N7O2. The number of ether oxygens (including phenoxy) is 1. The number of benzene rings is 2. The molecule has 0 aliphatic heterocycles. The van der Waals surface area contributed by atoms with E-state index in [9.17, 15) is 4.79 Å². The summed E-state index contributed by atoms with van der Waals surface area (Å²) in [6.07, 6.45) is 1.45.